The van der Waals surface area contributed by atoms with Gasteiger partial charge in [0, 0.05) is 11.8 Å². The molecule has 3 rings (SSSR count). The highest BCUT2D eigenvalue weighted by atomic mass is 16.7. The molecular formula is C14H18N2O4. The molecule has 0 radical (unpaired) electrons. The quantitative estimate of drug-likeness (QED) is 0.702. The molecule has 0 bridgehead atoms. The van der Waals surface area contributed by atoms with Crippen molar-refractivity contribution in [2.24, 2.45) is 0 Å². The maximum absolute atomic E-state index is 12.3. The summed E-state index contributed by atoms with van der Waals surface area (Å²) >= 11 is 0. The molecule has 6 heteroatoms. The highest BCUT2D eigenvalue weighted by molar-refractivity contribution is 6.00. The van der Waals surface area contributed by atoms with Crippen LogP contribution in [0.1, 0.15) is 36.0 Å². The number of benzene rings is 1. The van der Waals surface area contributed by atoms with Crippen LogP contribution in [-0.4, -0.2) is 30.0 Å². The van der Waals surface area contributed by atoms with Crippen LogP contribution in [0.25, 0.3) is 0 Å². The van der Waals surface area contributed by atoms with Crippen molar-refractivity contribution < 1.29 is 19.4 Å². The lowest BCUT2D eigenvalue weighted by Crippen LogP contribution is -2.45. The number of anilines is 1. The van der Waals surface area contributed by atoms with E-state index in [9.17, 15) is 9.90 Å². The Bertz CT molecular complexity index is 532. The largest absolute Gasteiger partial charge is 0.454 e. The second-order valence-electron chi connectivity index (χ2n) is 5.22. The van der Waals surface area contributed by atoms with Gasteiger partial charge in [0.25, 0.3) is 5.91 Å². The number of nitrogens with one attached hydrogen (secondary N) is 1. The van der Waals surface area contributed by atoms with Crippen LogP contribution in [-0.2, 0) is 0 Å². The molecule has 0 saturated heterocycles. The summed E-state index contributed by atoms with van der Waals surface area (Å²) in [5.74, 6) is 0.789. The van der Waals surface area contributed by atoms with Gasteiger partial charge in [-0.15, -0.1) is 0 Å². The van der Waals surface area contributed by atoms with E-state index in [1.54, 1.807) is 12.1 Å². The van der Waals surface area contributed by atoms with E-state index in [-0.39, 0.29) is 18.7 Å². The van der Waals surface area contributed by atoms with E-state index in [4.69, 9.17) is 15.2 Å². The fourth-order valence-electron chi connectivity index (χ4n) is 2.68. The predicted molar refractivity (Wildman–Crippen MR) is 72.7 cm³/mol. The van der Waals surface area contributed by atoms with E-state index in [1.807, 2.05) is 0 Å². The fourth-order valence-corrected chi connectivity index (χ4v) is 2.68. The van der Waals surface area contributed by atoms with Crippen LogP contribution >= 0.6 is 0 Å². The molecule has 1 aromatic carbocycles. The smallest absolute Gasteiger partial charge is 0.253 e. The van der Waals surface area contributed by atoms with E-state index in [1.165, 1.54) is 0 Å². The Morgan fingerprint density at radius 1 is 1.25 bits per heavy atom. The van der Waals surface area contributed by atoms with E-state index >= 15 is 0 Å². The van der Waals surface area contributed by atoms with Crippen molar-refractivity contribution in [1.29, 1.82) is 0 Å². The van der Waals surface area contributed by atoms with Gasteiger partial charge in [0.05, 0.1) is 17.7 Å². The first-order valence-electron chi connectivity index (χ1n) is 6.83. The molecule has 0 unspecified atom stereocenters. The van der Waals surface area contributed by atoms with E-state index in [0.29, 0.717) is 22.7 Å². The number of hydrogen-bond acceptors (Lipinski definition) is 5. The van der Waals surface area contributed by atoms with Crippen molar-refractivity contribution >= 4 is 11.6 Å². The van der Waals surface area contributed by atoms with Crippen LogP contribution < -0.4 is 20.5 Å². The van der Waals surface area contributed by atoms with Gasteiger partial charge in [0.1, 0.15) is 0 Å². The minimum Gasteiger partial charge on any atom is -0.454 e. The Labute approximate surface area is 116 Å². The fraction of sp³-hybridized carbons (Fsp3) is 0.500. The van der Waals surface area contributed by atoms with Gasteiger partial charge in [0.15, 0.2) is 11.5 Å². The number of amides is 1. The summed E-state index contributed by atoms with van der Waals surface area (Å²) in [4.78, 5) is 12.3. The second kappa shape index (κ2) is 5.20. The summed E-state index contributed by atoms with van der Waals surface area (Å²) in [6, 6.07) is 2.97. The third kappa shape index (κ3) is 2.38. The van der Waals surface area contributed by atoms with Gasteiger partial charge in [-0.3, -0.25) is 4.79 Å². The summed E-state index contributed by atoms with van der Waals surface area (Å²) in [5.41, 5.74) is 6.57. The maximum Gasteiger partial charge on any atom is 0.253 e. The molecule has 0 spiro atoms. The average molecular weight is 278 g/mol. The number of nitrogens with two attached hydrogens (primary N) is 1. The second-order valence-corrected chi connectivity index (χ2v) is 5.22. The molecule has 1 aromatic rings. The van der Waals surface area contributed by atoms with Crippen molar-refractivity contribution in [2.45, 2.75) is 37.8 Å². The zero-order chi connectivity index (χ0) is 14.1. The Hall–Kier alpha value is -1.95. The number of hydrogen-bond donors (Lipinski definition) is 3. The minimum atomic E-state index is -0.483. The summed E-state index contributed by atoms with van der Waals surface area (Å²) < 4.78 is 10.5. The van der Waals surface area contributed by atoms with Gasteiger partial charge in [-0.2, -0.15) is 0 Å². The van der Waals surface area contributed by atoms with Crippen LogP contribution in [0.3, 0.4) is 0 Å². The Morgan fingerprint density at radius 2 is 1.95 bits per heavy atom. The molecule has 4 N–H and O–H groups in total. The van der Waals surface area contributed by atoms with Gasteiger partial charge < -0.3 is 25.6 Å². The van der Waals surface area contributed by atoms with Crippen LogP contribution in [0.5, 0.6) is 11.5 Å². The molecule has 108 valence electrons. The predicted octanol–water partition coefficient (Wildman–Crippen LogP) is 1.03. The molecule has 1 saturated carbocycles. The Balaban J connectivity index is 1.77. The highest BCUT2D eigenvalue weighted by Crippen LogP contribution is 2.36. The van der Waals surface area contributed by atoms with Gasteiger partial charge in [-0.1, -0.05) is 12.8 Å². The van der Waals surface area contributed by atoms with Gasteiger partial charge in [-0.05, 0) is 18.9 Å². The van der Waals surface area contributed by atoms with Crippen molar-refractivity contribution in [3.8, 4) is 11.5 Å². The maximum atomic E-state index is 12.3. The lowest BCUT2D eigenvalue weighted by atomic mass is 9.92. The third-order valence-electron chi connectivity index (χ3n) is 3.84. The number of aliphatic hydroxyl groups is 1. The van der Waals surface area contributed by atoms with Crippen LogP contribution in [0.2, 0.25) is 0 Å². The number of aliphatic hydroxyl groups excluding tert-OH is 1. The molecule has 1 heterocycles. The number of carbonyl (C=O) groups excluding carboxylic acids is 1. The summed E-state index contributed by atoms with van der Waals surface area (Å²) in [6.45, 7) is 0.140. The van der Waals surface area contributed by atoms with Crippen LogP contribution in [0.4, 0.5) is 5.69 Å². The SMILES string of the molecule is Nc1cc2c(cc1C(=O)N[C@@H]1CCCC[C@H]1O)OCO2. The molecule has 1 aliphatic heterocycles. The van der Waals surface area contributed by atoms with Crippen molar-refractivity contribution in [3.05, 3.63) is 17.7 Å². The van der Waals surface area contributed by atoms with E-state index < -0.39 is 6.10 Å². The zero-order valence-corrected chi connectivity index (χ0v) is 11.1. The van der Waals surface area contributed by atoms with Crippen molar-refractivity contribution in [2.75, 3.05) is 12.5 Å². The highest BCUT2D eigenvalue weighted by Gasteiger charge is 2.26. The topological polar surface area (TPSA) is 93.8 Å². The van der Waals surface area contributed by atoms with Crippen molar-refractivity contribution in [1.82, 2.24) is 5.32 Å². The minimum absolute atomic E-state index is 0.140. The standard InChI is InChI=1S/C14H18N2O4/c15-9-6-13-12(19-7-20-13)5-8(9)14(18)16-10-3-1-2-4-11(10)17/h5-6,10-11,17H,1-4,7,15H2,(H,16,18)/t10-,11-/m1/s1. The molecule has 6 nitrogen and oxygen atoms in total. The molecule has 0 aromatic heterocycles. The first-order valence-corrected chi connectivity index (χ1v) is 6.83. The average Bonchev–Trinajstić information content (AvgIpc) is 2.87. The molecule has 2 atom stereocenters. The zero-order valence-electron chi connectivity index (χ0n) is 11.1. The molecule has 1 fully saturated rings. The third-order valence-corrected chi connectivity index (χ3v) is 3.84. The molecule has 1 amide bonds. The molecule has 1 aliphatic carbocycles. The number of carbonyl (C=O) groups is 1. The lowest BCUT2D eigenvalue weighted by Gasteiger charge is -2.28. The first kappa shape index (κ1) is 13.1. The number of fused-ring (bicyclic) bond motifs is 1. The number of rotatable bonds is 2. The van der Waals surface area contributed by atoms with Gasteiger partial charge in [0.2, 0.25) is 6.79 Å². The van der Waals surface area contributed by atoms with Gasteiger partial charge >= 0.3 is 0 Å². The monoisotopic (exact) mass is 278 g/mol. The van der Waals surface area contributed by atoms with E-state index in [0.717, 1.165) is 25.7 Å². The van der Waals surface area contributed by atoms with Crippen LogP contribution in [0, 0.1) is 0 Å². The van der Waals surface area contributed by atoms with Crippen molar-refractivity contribution in [3.63, 3.8) is 0 Å². The number of nitrogen functional groups attached to an aromatic ring is 1. The van der Waals surface area contributed by atoms with Crippen LogP contribution in [0.15, 0.2) is 12.1 Å². The number of ether oxygens (including phenoxy) is 2. The lowest BCUT2D eigenvalue weighted by molar-refractivity contribution is 0.0717. The molecular weight excluding hydrogens is 260 g/mol. The Morgan fingerprint density at radius 3 is 2.70 bits per heavy atom. The van der Waals surface area contributed by atoms with E-state index in [2.05, 4.69) is 5.32 Å². The summed E-state index contributed by atoms with van der Waals surface area (Å²) in [7, 11) is 0. The molecule has 2 aliphatic rings. The summed E-state index contributed by atoms with van der Waals surface area (Å²) in [6.07, 6.45) is 3.04. The normalized spacial score (nSPS) is 24.4. The Kier molecular flexibility index (Phi) is 3.40. The van der Waals surface area contributed by atoms with Gasteiger partial charge in [-0.25, -0.2) is 0 Å². The summed E-state index contributed by atoms with van der Waals surface area (Å²) in [5, 5.41) is 12.7. The molecule has 20 heavy (non-hydrogen) atoms. The first-order chi connectivity index (χ1) is 9.65.